The minimum atomic E-state index is -0.516. The third kappa shape index (κ3) is 3.00. The zero-order valence-corrected chi connectivity index (χ0v) is 11.1. The number of hydrogen-bond acceptors (Lipinski definition) is 4. The highest BCUT2D eigenvalue weighted by molar-refractivity contribution is 7.16. The number of rotatable bonds is 3. The molecule has 0 spiro atoms. The molecule has 0 saturated heterocycles. The lowest BCUT2D eigenvalue weighted by atomic mass is 10.3. The van der Waals surface area contributed by atoms with E-state index in [9.17, 15) is 9.59 Å². The van der Waals surface area contributed by atoms with Crippen molar-refractivity contribution in [1.29, 1.82) is 0 Å². The summed E-state index contributed by atoms with van der Waals surface area (Å²) in [5.74, 6) is -0.516. The van der Waals surface area contributed by atoms with Gasteiger partial charge in [-0.25, -0.2) is 4.79 Å². The number of esters is 1. The first-order valence-corrected chi connectivity index (χ1v) is 6.34. The SMILES string of the molecule is Cn1ccc(C(=O)OCc2ccc(Cl)s2)cc1=O. The fraction of sp³-hybridized carbons (Fsp3) is 0.167. The van der Waals surface area contributed by atoms with Crippen LogP contribution in [0.5, 0.6) is 0 Å². The van der Waals surface area contributed by atoms with E-state index >= 15 is 0 Å². The van der Waals surface area contributed by atoms with Crippen molar-refractivity contribution in [3.63, 3.8) is 0 Å². The van der Waals surface area contributed by atoms with Crippen LogP contribution in [0.15, 0.2) is 35.3 Å². The van der Waals surface area contributed by atoms with E-state index in [4.69, 9.17) is 16.3 Å². The number of aryl methyl sites for hydroxylation is 1. The van der Waals surface area contributed by atoms with E-state index in [0.717, 1.165) is 4.88 Å². The van der Waals surface area contributed by atoms with E-state index in [1.165, 1.54) is 28.2 Å². The highest BCUT2D eigenvalue weighted by atomic mass is 35.5. The lowest BCUT2D eigenvalue weighted by Gasteiger charge is -2.03. The first-order chi connectivity index (χ1) is 8.56. The van der Waals surface area contributed by atoms with Crippen LogP contribution in [-0.2, 0) is 18.4 Å². The van der Waals surface area contributed by atoms with Crippen LogP contribution < -0.4 is 5.56 Å². The molecule has 0 N–H and O–H groups in total. The van der Waals surface area contributed by atoms with Crippen molar-refractivity contribution in [2.45, 2.75) is 6.61 Å². The van der Waals surface area contributed by atoms with E-state index < -0.39 is 5.97 Å². The van der Waals surface area contributed by atoms with Gasteiger partial charge in [-0.05, 0) is 18.2 Å². The van der Waals surface area contributed by atoms with Gasteiger partial charge in [0.1, 0.15) is 6.61 Å². The number of carbonyl (C=O) groups is 1. The number of halogens is 1. The molecular weight excluding hydrogens is 274 g/mol. The largest absolute Gasteiger partial charge is 0.456 e. The summed E-state index contributed by atoms with van der Waals surface area (Å²) in [6.07, 6.45) is 1.53. The second kappa shape index (κ2) is 5.37. The van der Waals surface area contributed by atoms with Crippen LogP contribution in [-0.4, -0.2) is 10.5 Å². The summed E-state index contributed by atoms with van der Waals surface area (Å²) in [5.41, 5.74) is 0.00405. The predicted molar refractivity (Wildman–Crippen MR) is 70.1 cm³/mol. The van der Waals surface area contributed by atoms with Gasteiger partial charge in [-0.15, -0.1) is 11.3 Å². The predicted octanol–water partition coefficient (Wildman–Crippen LogP) is 2.46. The molecule has 0 aromatic carbocycles. The van der Waals surface area contributed by atoms with Gasteiger partial charge in [0, 0.05) is 24.2 Å². The molecule has 2 heterocycles. The van der Waals surface area contributed by atoms with Crippen LogP contribution in [0.3, 0.4) is 0 Å². The summed E-state index contributed by atoms with van der Waals surface area (Å²) < 4.78 is 7.12. The van der Waals surface area contributed by atoms with Crippen molar-refractivity contribution in [2.24, 2.45) is 7.05 Å². The Morgan fingerprint density at radius 1 is 1.44 bits per heavy atom. The molecule has 0 atom stereocenters. The van der Waals surface area contributed by atoms with Crippen molar-refractivity contribution in [3.8, 4) is 0 Å². The Hall–Kier alpha value is -1.59. The van der Waals surface area contributed by atoms with Gasteiger partial charge in [-0.1, -0.05) is 11.6 Å². The maximum atomic E-state index is 11.7. The molecule has 0 unspecified atom stereocenters. The van der Waals surface area contributed by atoms with Crippen molar-refractivity contribution in [3.05, 3.63) is 55.6 Å². The molecule has 0 aliphatic carbocycles. The van der Waals surface area contributed by atoms with E-state index in [2.05, 4.69) is 0 Å². The van der Waals surface area contributed by atoms with Gasteiger partial charge in [0.15, 0.2) is 0 Å². The Balaban J connectivity index is 2.03. The van der Waals surface area contributed by atoms with Crippen LogP contribution >= 0.6 is 22.9 Å². The molecule has 0 saturated carbocycles. The lowest BCUT2D eigenvalue weighted by Crippen LogP contribution is -2.17. The quantitative estimate of drug-likeness (QED) is 0.813. The van der Waals surface area contributed by atoms with Crippen molar-refractivity contribution in [2.75, 3.05) is 0 Å². The molecule has 18 heavy (non-hydrogen) atoms. The molecule has 0 amide bonds. The summed E-state index contributed by atoms with van der Waals surface area (Å²) in [4.78, 5) is 23.9. The summed E-state index contributed by atoms with van der Waals surface area (Å²) in [6, 6.07) is 6.34. The number of hydrogen-bond donors (Lipinski definition) is 0. The highest BCUT2D eigenvalue weighted by Gasteiger charge is 2.09. The normalized spacial score (nSPS) is 10.3. The number of aromatic nitrogens is 1. The van der Waals surface area contributed by atoms with Gasteiger partial charge < -0.3 is 9.30 Å². The van der Waals surface area contributed by atoms with Crippen LogP contribution in [0.4, 0.5) is 0 Å². The maximum Gasteiger partial charge on any atom is 0.338 e. The number of ether oxygens (including phenoxy) is 1. The molecular formula is C12H10ClNO3S. The topological polar surface area (TPSA) is 48.3 Å². The summed E-state index contributed by atoms with van der Waals surface area (Å²) in [6.45, 7) is 0.158. The highest BCUT2D eigenvalue weighted by Crippen LogP contribution is 2.22. The number of thiophene rings is 1. The molecule has 0 fully saturated rings. The number of nitrogens with zero attached hydrogens (tertiary/aromatic N) is 1. The Kier molecular flexibility index (Phi) is 3.84. The molecule has 94 valence electrons. The monoisotopic (exact) mass is 283 g/mol. The second-order valence-electron chi connectivity index (χ2n) is 3.65. The Labute approximate surface area is 112 Å². The molecule has 2 rings (SSSR count). The van der Waals surface area contributed by atoms with E-state index in [1.807, 2.05) is 0 Å². The minimum Gasteiger partial charge on any atom is -0.456 e. The molecule has 2 aromatic heterocycles. The molecule has 2 aromatic rings. The standard InChI is InChI=1S/C12H10ClNO3S/c1-14-5-4-8(6-11(14)15)12(16)17-7-9-2-3-10(13)18-9/h2-6H,7H2,1H3. The average molecular weight is 284 g/mol. The zero-order valence-electron chi connectivity index (χ0n) is 9.55. The third-order valence-corrected chi connectivity index (χ3v) is 3.52. The Bertz CT molecular complexity index is 632. The molecule has 6 heteroatoms. The second-order valence-corrected chi connectivity index (χ2v) is 5.45. The smallest absolute Gasteiger partial charge is 0.338 e. The lowest BCUT2D eigenvalue weighted by molar-refractivity contribution is 0.0476. The van der Waals surface area contributed by atoms with Crippen molar-refractivity contribution >= 4 is 28.9 Å². The van der Waals surface area contributed by atoms with Crippen LogP contribution in [0.25, 0.3) is 0 Å². The molecule has 0 radical (unpaired) electrons. The van der Waals surface area contributed by atoms with Gasteiger partial charge in [0.05, 0.1) is 9.90 Å². The number of pyridine rings is 1. The molecule has 0 bridgehead atoms. The van der Waals surface area contributed by atoms with Crippen molar-refractivity contribution in [1.82, 2.24) is 4.57 Å². The molecule has 0 aliphatic heterocycles. The fourth-order valence-electron chi connectivity index (χ4n) is 1.32. The number of carbonyl (C=O) groups excluding carboxylic acids is 1. The van der Waals surface area contributed by atoms with Crippen molar-refractivity contribution < 1.29 is 9.53 Å². The van der Waals surface area contributed by atoms with Gasteiger partial charge in [-0.3, -0.25) is 4.79 Å². The summed E-state index contributed by atoms with van der Waals surface area (Å²) in [7, 11) is 1.62. The third-order valence-electron chi connectivity index (χ3n) is 2.31. The maximum absolute atomic E-state index is 11.7. The summed E-state index contributed by atoms with van der Waals surface area (Å²) in [5, 5.41) is 0. The zero-order chi connectivity index (χ0) is 13.1. The fourth-order valence-corrected chi connectivity index (χ4v) is 2.33. The first-order valence-electron chi connectivity index (χ1n) is 5.14. The minimum absolute atomic E-state index is 0.158. The average Bonchev–Trinajstić information content (AvgIpc) is 2.75. The van der Waals surface area contributed by atoms with Gasteiger partial charge in [0.2, 0.25) is 0 Å². The van der Waals surface area contributed by atoms with Gasteiger partial charge in [-0.2, -0.15) is 0 Å². The molecule has 0 aliphatic rings. The molecule has 4 nitrogen and oxygen atoms in total. The van der Waals surface area contributed by atoms with Crippen LogP contribution in [0.2, 0.25) is 4.34 Å². The van der Waals surface area contributed by atoms with Gasteiger partial charge >= 0.3 is 5.97 Å². The van der Waals surface area contributed by atoms with Crippen LogP contribution in [0.1, 0.15) is 15.2 Å². The van der Waals surface area contributed by atoms with Crippen LogP contribution in [0, 0.1) is 0 Å². The Morgan fingerprint density at radius 3 is 2.83 bits per heavy atom. The Morgan fingerprint density at radius 2 is 2.22 bits per heavy atom. The van der Waals surface area contributed by atoms with E-state index in [-0.39, 0.29) is 17.7 Å². The summed E-state index contributed by atoms with van der Waals surface area (Å²) >= 11 is 7.12. The van der Waals surface area contributed by atoms with E-state index in [1.54, 1.807) is 25.2 Å². The first kappa shape index (κ1) is 12.9. The van der Waals surface area contributed by atoms with Gasteiger partial charge in [0.25, 0.3) is 5.56 Å². The van der Waals surface area contributed by atoms with E-state index in [0.29, 0.717) is 4.34 Å².